The van der Waals surface area contributed by atoms with E-state index in [9.17, 15) is 15.0 Å². The van der Waals surface area contributed by atoms with Crippen LogP contribution in [0.5, 0.6) is 11.5 Å². The van der Waals surface area contributed by atoms with E-state index in [0.29, 0.717) is 23.0 Å². The summed E-state index contributed by atoms with van der Waals surface area (Å²) < 4.78 is 0. The maximum atomic E-state index is 10.6. The third-order valence-corrected chi connectivity index (χ3v) is 2.35. The van der Waals surface area contributed by atoms with E-state index in [1.807, 2.05) is 0 Å². The summed E-state index contributed by atoms with van der Waals surface area (Å²) in [7, 11) is 0. The van der Waals surface area contributed by atoms with E-state index in [4.69, 9.17) is 0 Å². The van der Waals surface area contributed by atoms with Crippen molar-refractivity contribution in [3.8, 4) is 22.6 Å². The zero-order chi connectivity index (χ0) is 11.5. The number of aromatic hydroxyl groups is 2. The molecule has 2 aromatic rings. The number of aldehydes is 1. The van der Waals surface area contributed by atoms with Crippen LogP contribution in [0.25, 0.3) is 11.1 Å². The molecule has 0 aliphatic carbocycles. The van der Waals surface area contributed by atoms with Gasteiger partial charge in [-0.25, -0.2) is 0 Å². The summed E-state index contributed by atoms with van der Waals surface area (Å²) in [5.74, 6) is 0.105. The van der Waals surface area contributed by atoms with Gasteiger partial charge in [-0.2, -0.15) is 0 Å². The first-order chi connectivity index (χ1) is 7.72. The van der Waals surface area contributed by atoms with Crippen LogP contribution in [0.15, 0.2) is 42.5 Å². The van der Waals surface area contributed by atoms with Crippen molar-refractivity contribution in [2.45, 2.75) is 0 Å². The summed E-state index contributed by atoms with van der Waals surface area (Å²) in [5.41, 5.74) is 1.41. The molecule has 0 atom stereocenters. The molecule has 0 saturated heterocycles. The van der Waals surface area contributed by atoms with Gasteiger partial charge in [-0.3, -0.25) is 4.79 Å². The summed E-state index contributed by atoms with van der Waals surface area (Å²) in [6.45, 7) is 0. The molecule has 16 heavy (non-hydrogen) atoms. The molecule has 0 aliphatic heterocycles. The van der Waals surface area contributed by atoms with E-state index in [2.05, 4.69) is 0 Å². The number of rotatable bonds is 2. The van der Waals surface area contributed by atoms with Crippen LogP contribution in [0.2, 0.25) is 0 Å². The molecule has 0 heterocycles. The summed E-state index contributed by atoms with van der Waals surface area (Å²) in [6.07, 6.45) is 0.697. The Kier molecular flexibility index (Phi) is 2.60. The van der Waals surface area contributed by atoms with E-state index >= 15 is 0 Å². The topological polar surface area (TPSA) is 57.5 Å². The predicted molar refractivity (Wildman–Crippen MR) is 60.6 cm³/mol. The predicted octanol–water partition coefficient (Wildman–Crippen LogP) is 2.58. The lowest BCUT2D eigenvalue weighted by atomic mass is 10.0. The molecule has 3 heteroatoms. The van der Waals surface area contributed by atoms with Crippen LogP contribution >= 0.6 is 0 Å². The molecule has 80 valence electrons. The zero-order valence-corrected chi connectivity index (χ0v) is 8.42. The van der Waals surface area contributed by atoms with Crippen LogP contribution in [0, 0.1) is 0 Å². The van der Waals surface area contributed by atoms with Gasteiger partial charge in [0.05, 0.1) is 0 Å². The number of phenols is 2. The van der Waals surface area contributed by atoms with E-state index in [1.165, 1.54) is 24.3 Å². The van der Waals surface area contributed by atoms with Crippen LogP contribution in [0.1, 0.15) is 10.4 Å². The number of hydrogen-bond donors (Lipinski definition) is 2. The maximum absolute atomic E-state index is 10.6. The van der Waals surface area contributed by atoms with Crippen molar-refractivity contribution in [2.75, 3.05) is 0 Å². The van der Waals surface area contributed by atoms with Gasteiger partial charge in [0.1, 0.15) is 17.8 Å². The molecular formula is C13H10O3. The highest BCUT2D eigenvalue weighted by Crippen LogP contribution is 2.35. The van der Waals surface area contributed by atoms with Gasteiger partial charge in [-0.15, -0.1) is 0 Å². The van der Waals surface area contributed by atoms with E-state index < -0.39 is 0 Å². The Hall–Kier alpha value is -2.29. The van der Waals surface area contributed by atoms with Crippen molar-refractivity contribution >= 4 is 6.29 Å². The minimum Gasteiger partial charge on any atom is -0.507 e. The Labute approximate surface area is 92.6 Å². The lowest BCUT2D eigenvalue weighted by Crippen LogP contribution is -1.84. The third-order valence-electron chi connectivity index (χ3n) is 2.35. The highest BCUT2D eigenvalue weighted by atomic mass is 16.3. The normalized spacial score (nSPS) is 10.0. The molecule has 3 nitrogen and oxygen atoms in total. The van der Waals surface area contributed by atoms with Crippen LogP contribution in [-0.2, 0) is 0 Å². The summed E-state index contributed by atoms with van der Waals surface area (Å²) in [6, 6.07) is 11.2. The molecule has 0 unspecified atom stereocenters. The zero-order valence-electron chi connectivity index (χ0n) is 8.42. The lowest BCUT2D eigenvalue weighted by molar-refractivity contribution is 0.112. The number of para-hydroxylation sites is 1. The fourth-order valence-electron chi connectivity index (χ4n) is 1.54. The van der Waals surface area contributed by atoms with Crippen molar-refractivity contribution < 1.29 is 15.0 Å². The number of phenolic OH excluding ortho intramolecular Hbond substituents is 2. The Bertz CT molecular complexity index is 532. The second-order valence-electron chi connectivity index (χ2n) is 3.41. The Morgan fingerprint density at radius 3 is 2.25 bits per heavy atom. The SMILES string of the molecule is O=Cc1ccc(O)c(-c2ccccc2O)c1. The monoisotopic (exact) mass is 214 g/mol. The molecule has 0 saturated carbocycles. The minimum atomic E-state index is 0.0344. The van der Waals surface area contributed by atoms with Crippen molar-refractivity contribution in [3.63, 3.8) is 0 Å². The standard InChI is InChI=1S/C13H10O3/c14-8-9-5-6-13(16)11(7-9)10-3-1-2-4-12(10)15/h1-8,15-16H. The first-order valence-corrected chi connectivity index (χ1v) is 4.79. The molecule has 0 aliphatic rings. The molecule has 0 radical (unpaired) electrons. The van der Waals surface area contributed by atoms with Crippen molar-refractivity contribution in [1.82, 2.24) is 0 Å². The van der Waals surface area contributed by atoms with E-state index in [0.717, 1.165) is 0 Å². The van der Waals surface area contributed by atoms with E-state index in [1.54, 1.807) is 18.2 Å². The largest absolute Gasteiger partial charge is 0.507 e. The fraction of sp³-hybridized carbons (Fsp3) is 0. The van der Waals surface area contributed by atoms with Gasteiger partial charge in [-0.05, 0) is 24.3 Å². The van der Waals surface area contributed by atoms with Crippen LogP contribution in [-0.4, -0.2) is 16.5 Å². The Balaban J connectivity index is 2.63. The lowest BCUT2D eigenvalue weighted by Gasteiger charge is -2.07. The highest BCUT2D eigenvalue weighted by molar-refractivity contribution is 5.83. The van der Waals surface area contributed by atoms with Gasteiger partial charge in [0.15, 0.2) is 0 Å². The second-order valence-corrected chi connectivity index (χ2v) is 3.41. The molecule has 0 amide bonds. The fourth-order valence-corrected chi connectivity index (χ4v) is 1.54. The maximum Gasteiger partial charge on any atom is 0.150 e. The molecule has 0 spiro atoms. The molecule has 0 aromatic heterocycles. The molecule has 2 N–H and O–H groups in total. The summed E-state index contributed by atoms with van der Waals surface area (Å²) >= 11 is 0. The number of carbonyl (C=O) groups excluding carboxylic acids is 1. The Morgan fingerprint density at radius 2 is 1.56 bits per heavy atom. The van der Waals surface area contributed by atoms with Gasteiger partial charge in [0.25, 0.3) is 0 Å². The second kappa shape index (κ2) is 4.06. The van der Waals surface area contributed by atoms with Gasteiger partial charge < -0.3 is 10.2 Å². The van der Waals surface area contributed by atoms with E-state index in [-0.39, 0.29) is 11.5 Å². The molecule has 0 bridgehead atoms. The van der Waals surface area contributed by atoms with Crippen molar-refractivity contribution in [3.05, 3.63) is 48.0 Å². The van der Waals surface area contributed by atoms with Gasteiger partial charge in [0.2, 0.25) is 0 Å². The van der Waals surface area contributed by atoms with Gasteiger partial charge >= 0.3 is 0 Å². The minimum absolute atomic E-state index is 0.0344. The number of carbonyl (C=O) groups is 1. The average Bonchev–Trinajstić information content (AvgIpc) is 2.31. The van der Waals surface area contributed by atoms with Crippen molar-refractivity contribution in [2.24, 2.45) is 0 Å². The average molecular weight is 214 g/mol. The van der Waals surface area contributed by atoms with Crippen LogP contribution in [0.4, 0.5) is 0 Å². The number of hydrogen-bond acceptors (Lipinski definition) is 3. The molecular weight excluding hydrogens is 204 g/mol. The first-order valence-electron chi connectivity index (χ1n) is 4.79. The van der Waals surface area contributed by atoms with Gasteiger partial charge in [-0.1, -0.05) is 18.2 Å². The quantitative estimate of drug-likeness (QED) is 0.755. The first kappa shape index (κ1) is 10.2. The highest BCUT2D eigenvalue weighted by Gasteiger charge is 2.08. The van der Waals surface area contributed by atoms with Crippen molar-refractivity contribution in [1.29, 1.82) is 0 Å². The molecule has 2 aromatic carbocycles. The van der Waals surface area contributed by atoms with Crippen LogP contribution < -0.4 is 0 Å². The molecule has 2 rings (SSSR count). The summed E-state index contributed by atoms with van der Waals surface area (Å²) in [4.78, 5) is 10.6. The van der Waals surface area contributed by atoms with Crippen LogP contribution in [0.3, 0.4) is 0 Å². The summed E-state index contributed by atoms with van der Waals surface area (Å²) in [5, 5.41) is 19.3. The molecule has 0 fully saturated rings. The Morgan fingerprint density at radius 1 is 0.875 bits per heavy atom. The van der Waals surface area contributed by atoms with Gasteiger partial charge in [0, 0.05) is 16.7 Å². The smallest absolute Gasteiger partial charge is 0.150 e. The number of benzene rings is 2. The third kappa shape index (κ3) is 1.75.